The van der Waals surface area contributed by atoms with Crippen LogP contribution in [0.5, 0.6) is 0 Å². The summed E-state index contributed by atoms with van der Waals surface area (Å²) in [5, 5.41) is 20.6. The highest BCUT2D eigenvalue weighted by Gasteiger charge is 2.49. The summed E-state index contributed by atoms with van der Waals surface area (Å²) in [5.41, 5.74) is -1.98. The Kier molecular flexibility index (Phi) is 16.0. The van der Waals surface area contributed by atoms with Crippen LogP contribution >= 0.6 is 22.6 Å². The Labute approximate surface area is 267 Å². The van der Waals surface area contributed by atoms with Crippen LogP contribution in [0.15, 0.2) is 10.2 Å². The maximum Gasteiger partial charge on any atom is 0.311 e. The first-order valence-corrected chi connectivity index (χ1v) is 22.1. The third-order valence-corrected chi connectivity index (χ3v) is 18.9. The third-order valence-electron chi connectivity index (χ3n) is 9.40. The number of carbonyl (C=O) groups is 1. The van der Waals surface area contributed by atoms with E-state index in [9.17, 15) is 15.0 Å². The molecule has 0 spiro atoms. The van der Waals surface area contributed by atoms with Crippen LogP contribution in [0.2, 0.25) is 36.3 Å². The summed E-state index contributed by atoms with van der Waals surface area (Å²) in [7, 11) is -2.85. The number of aliphatic hydroxyl groups excluding tert-OH is 1. The van der Waals surface area contributed by atoms with E-state index in [-0.39, 0.29) is 22.8 Å². The minimum atomic E-state index is -2.31. The number of hydrogen-bond donors (Lipinski definition) is 2. The van der Waals surface area contributed by atoms with Crippen LogP contribution in [0.3, 0.4) is 0 Å². The monoisotopic (exact) mass is 730 g/mol. The van der Waals surface area contributed by atoms with Gasteiger partial charge in [0, 0.05) is 20.1 Å². The van der Waals surface area contributed by atoms with Crippen molar-refractivity contribution in [3.05, 3.63) is 10.2 Å². The van der Waals surface area contributed by atoms with Crippen LogP contribution in [0.25, 0.3) is 0 Å². The number of carbonyl (C=O) groups excluding carboxylic acids is 1. The molecule has 0 aliphatic carbocycles. The van der Waals surface area contributed by atoms with Gasteiger partial charge in [0.15, 0.2) is 16.6 Å². The van der Waals surface area contributed by atoms with Gasteiger partial charge in [-0.15, -0.1) is 0 Å². The molecule has 0 amide bonds. The lowest BCUT2D eigenvalue weighted by Gasteiger charge is -2.48. The van der Waals surface area contributed by atoms with Gasteiger partial charge in [-0.2, -0.15) is 0 Å². The molecule has 2 N–H and O–H groups in total. The molecule has 0 aliphatic heterocycles. The highest BCUT2D eigenvalue weighted by Crippen LogP contribution is 2.44. The molecule has 7 nitrogen and oxygen atoms in total. The Hall–Kier alpha value is 0.174. The fourth-order valence-electron chi connectivity index (χ4n) is 4.41. The van der Waals surface area contributed by atoms with Crippen LogP contribution in [0.4, 0.5) is 0 Å². The second-order valence-electron chi connectivity index (χ2n) is 15.0. The quantitative estimate of drug-likeness (QED) is 0.0891. The molecule has 0 aromatic rings. The molecular formula is C31H63IO7Si2. The second-order valence-corrected chi connectivity index (χ2v) is 25.2. The Bertz CT molecular complexity index is 833. The molecule has 0 fully saturated rings. The second kappa shape index (κ2) is 15.9. The van der Waals surface area contributed by atoms with E-state index in [0.29, 0.717) is 25.7 Å². The molecule has 41 heavy (non-hydrogen) atoms. The standard InChI is InChI=1S/C31H63IO7Si2/c1-16-25(30(9,35)19-20-32)37-27(34)23(2)24(38-40(12,13)28(3,4)5)22-26(36-11)31(10,18-17-21-33)39-41(14,15)29(6,7)8/h19-20,23-26,33,35H,16-18,21-22H2,1-15H3/b20-19+/t23-,24+,25-,26-,30+,31-/m1/s1. The molecule has 0 heterocycles. The molecule has 10 heteroatoms. The summed E-state index contributed by atoms with van der Waals surface area (Å²) < 4.78 is 27.8. The Morgan fingerprint density at radius 2 is 1.46 bits per heavy atom. The summed E-state index contributed by atoms with van der Waals surface area (Å²) in [6.45, 7) is 29.5. The van der Waals surface area contributed by atoms with Gasteiger partial charge in [-0.25, -0.2) is 0 Å². The topological polar surface area (TPSA) is 94.5 Å². The van der Waals surface area contributed by atoms with Crippen molar-refractivity contribution in [3.8, 4) is 0 Å². The van der Waals surface area contributed by atoms with Crippen LogP contribution in [0.1, 0.15) is 94.9 Å². The van der Waals surface area contributed by atoms with Crippen molar-refractivity contribution in [2.24, 2.45) is 5.92 Å². The number of hydrogen-bond acceptors (Lipinski definition) is 7. The first kappa shape index (κ1) is 41.2. The van der Waals surface area contributed by atoms with Crippen LogP contribution in [-0.4, -0.2) is 76.0 Å². The van der Waals surface area contributed by atoms with Crippen molar-refractivity contribution in [2.75, 3.05) is 13.7 Å². The molecule has 0 aliphatic rings. The highest BCUT2D eigenvalue weighted by molar-refractivity contribution is 14.1. The van der Waals surface area contributed by atoms with Crippen LogP contribution in [-0.2, 0) is 23.1 Å². The van der Waals surface area contributed by atoms with E-state index in [4.69, 9.17) is 18.3 Å². The van der Waals surface area contributed by atoms with E-state index in [0.717, 1.165) is 0 Å². The highest BCUT2D eigenvalue weighted by atomic mass is 127. The molecule has 6 atom stereocenters. The van der Waals surface area contributed by atoms with Gasteiger partial charge in [0.05, 0.1) is 23.7 Å². The van der Waals surface area contributed by atoms with Crippen LogP contribution in [0, 0.1) is 5.92 Å². The van der Waals surface area contributed by atoms with E-state index in [1.165, 1.54) is 0 Å². The van der Waals surface area contributed by atoms with Gasteiger partial charge in [-0.05, 0) is 86.5 Å². The molecule has 0 bridgehead atoms. The molecule has 0 rings (SSSR count). The van der Waals surface area contributed by atoms with Crippen molar-refractivity contribution >= 4 is 45.2 Å². The molecule has 0 aromatic carbocycles. The molecular weight excluding hydrogens is 667 g/mol. The summed E-state index contributed by atoms with van der Waals surface area (Å²) in [6, 6.07) is 0. The van der Waals surface area contributed by atoms with Gasteiger partial charge in [0.1, 0.15) is 11.7 Å². The Balaban J connectivity index is 6.60. The molecule has 0 unspecified atom stereocenters. The molecule has 244 valence electrons. The lowest BCUT2D eigenvalue weighted by molar-refractivity contribution is -0.169. The predicted octanol–water partition coefficient (Wildman–Crippen LogP) is 7.99. The number of esters is 1. The van der Waals surface area contributed by atoms with Crippen LogP contribution < -0.4 is 0 Å². The number of halogens is 1. The number of rotatable bonds is 17. The maximum absolute atomic E-state index is 13.7. The first-order chi connectivity index (χ1) is 18.4. The fraction of sp³-hybridized carbons (Fsp3) is 0.903. The summed E-state index contributed by atoms with van der Waals surface area (Å²) >= 11 is 2.05. The normalized spacial score (nSPS) is 19.8. The Morgan fingerprint density at radius 3 is 1.85 bits per heavy atom. The summed E-state index contributed by atoms with van der Waals surface area (Å²) in [5.74, 6) is -1.01. The predicted molar refractivity (Wildman–Crippen MR) is 184 cm³/mol. The molecule has 0 saturated heterocycles. The number of ether oxygens (including phenoxy) is 2. The van der Waals surface area contributed by atoms with Gasteiger partial charge in [0.25, 0.3) is 0 Å². The van der Waals surface area contributed by atoms with Gasteiger partial charge in [-0.1, -0.05) is 71.1 Å². The average Bonchev–Trinajstić information content (AvgIpc) is 2.80. The van der Waals surface area contributed by atoms with E-state index in [2.05, 4.69) is 97.2 Å². The van der Waals surface area contributed by atoms with Crippen molar-refractivity contribution in [2.45, 2.75) is 161 Å². The molecule has 0 aromatic heterocycles. The zero-order chi connectivity index (χ0) is 32.7. The fourth-order valence-corrected chi connectivity index (χ4v) is 8.25. The average molecular weight is 731 g/mol. The van der Waals surface area contributed by atoms with Crippen molar-refractivity contribution < 1.29 is 33.3 Å². The lowest BCUT2D eigenvalue weighted by Crippen LogP contribution is -2.56. The van der Waals surface area contributed by atoms with Gasteiger partial charge in [0.2, 0.25) is 0 Å². The Morgan fingerprint density at radius 1 is 0.951 bits per heavy atom. The van der Waals surface area contributed by atoms with Crippen molar-refractivity contribution in [1.82, 2.24) is 0 Å². The van der Waals surface area contributed by atoms with E-state index in [1.54, 1.807) is 24.2 Å². The van der Waals surface area contributed by atoms with Crippen molar-refractivity contribution in [1.29, 1.82) is 0 Å². The van der Waals surface area contributed by atoms with E-state index >= 15 is 0 Å². The van der Waals surface area contributed by atoms with E-state index < -0.39 is 51.9 Å². The lowest BCUT2D eigenvalue weighted by atomic mass is 9.87. The SMILES string of the molecule is CC[C@@H](OC(=O)[C@H](C)[C@H](C[C@@H](OC)[C@@](C)(CCCO)O[Si](C)(C)C(C)(C)C)O[Si](C)(C)C(C)(C)C)[C@@](C)(O)/C=C/I. The third kappa shape index (κ3) is 11.9. The zero-order valence-corrected chi connectivity index (χ0v) is 33.0. The molecule has 0 radical (unpaired) electrons. The largest absolute Gasteiger partial charge is 0.459 e. The first-order valence-electron chi connectivity index (χ1n) is 15.1. The summed E-state index contributed by atoms with van der Waals surface area (Å²) in [4.78, 5) is 13.7. The zero-order valence-electron chi connectivity index (χ0n) is 28.8. The minimum Gasteiger partial charge on any atom is -0.459 e. The number of aliphatic hydroxyl groups is 2. The van der Waals surface area contributed by atoms with E-state index in [1.807, 2.05) is 13.8 Å². The minimum absolute atomic E-state index is 0.0155. The van der Waals surface area contributed by atoms with Gasteiger partial charge < -0.3 is 28.5 Å². The van der Waals surface area contributed by atoms with Gasteiger partial charge in [-0.3, -0.25) is 4.79 Å². The smallest absolute Gasteiger partial charge is 0.311 e. The van der Waals surface area contributed by atoms with Crippen molar-refractivity contribution in [3.63, 3.8) is 0 Å². The maximum atomic E-state index is 13.7. The van der Waals surface area contributed by atoms with Gasteiger partial charge >= 0.3 is 5.97 Å². The summed E-state index contributed by atoms with van der Waals surface area (Å²) in [6.07, 6.45) is 2.17. The number of methoxy groups -OCH3 is 1. The molecule has 0 saturated carbocycles.